The highest BCUT2D eigenvalue weighted by Crippen LogP contribution is 2.17. The van der Waals surface area contributed by atoms with Gasteiger partial charge in [-0.3, -0.25) is 4.99 Å². The Morgan fingerprint density at radius 1 is 1.37 bits per heavy atom. The van der Waals surface area contributed by atoms with Crippen LogP contribution in [-0.2, 0) is 0 Å². The predicted octanol–water partition coefficient (Wildman–Crippen LogP) is 1.68. The molecule has 1 fully saturated rings. The van der Waals surface area contributed by atoms with Gasteiger partial charge in [-0.2, -0.15) is 0 Å². The Hall–Kier alpha value is -0.770. The molecule has 0 spiro atoms. The summed E-state index contributed by atoms with van der Waals surface area (Å²) >= 11 is 0. The Morgan fingerprint density at radius 3 is 2.79 bits per heavy atom. The Balaban J connectivity index is 1.59. The topological polar surface area (TPSA) is 39.7 Å². The van der Waals surface area contributed by atoms with Crippen molar-refractivity contribution in [3.05, 3.63) is 0 Å². The standard InChI is InChI=1S/C15H30N4/c1-13(2)4-9-19-10-5-14(6-11-19)12-18-15-16-7-3-8-17-15/h13-14H,3-12H2,1-2H3,(H2,16,17,18). The molecule has 2 aliphatic heterocycles. The van der Waals surface area contributed by atoms with Crippen molar-refractivity contribution >= 4 is 5.96 Å². The van der Waals surface area contributed by atoms with Crippen molar-refractivity contribution < 1.29 is 0 Å². The van der Waals surface area contributed by atoms with Crippen LogP contribution >= 0.6 is 0 Å². The van der Waals surface area contributed by atoms with Gasteiger partial charge in [0.2, 0.25) is 0 Å². The van der Waals surface area contributed by atoms with Crippen molar-refractivity contribution in [3.63, 3.8) is 0 Å². The van der Waals surface area contributed by atoms with Gasteiger partial charge in [0, 0.05) is 19.6 Å². The molecule has 19 heavy (non-hydrogen) atoms. The lowest BCUT2D eigenvalue weighted by molar-refractivity contribution is 0.177. The first-order valence-electron chi connectivity index (χ1n) is 7.98. The SMILES string of the molecule is CC(C)CCN1CCC(CNC2=NCCCN2)CC1. The maximum atomic E-state index is 4.46. The molecule has 1 saturated heterocycles. The largest absolute Gasteiger partial charge is 0.356 e. The molecule has 0 aliphatic carbocycles. The molecule has 2 N–H and O–H groups in total. The molecule has 110 valence electrons. The molecule has 0 aromatic heterocycles. The van der Waals surface area contributed by atoms with Crippen LogP contribution in [0.5, 0.6) is 0 Å². The van der Waals surface area contributed by atoms with Crippen LogP contribution in [0.25, 0.3) is 0 Å². The van der Waals surface area contributed by atoms with E-state index in [2.05, 4.69) is 34.4 Å². The Morgan fingerprint density at radius 2 is 2.16 bits per heavy atom. The summed E-state index contributed by atoms with van der Waals surface area (Å²) in [7, 11) is 0. The number of piperidine rings is 1. The van der Waals surface area contributed by atoms with E-state index >= 15 is 0 Å². The van der Waals surface area contributed by atoms with Crippen molar-refractivity contribution in [2.75, 3.05) is 39.3 Å². The fourth-order valence-corrected chi connectivity index (χ4v) is 2.75. The number of likely N-dealkylation sites (tertiary alicyclic amines) is 1. The van der Waals surface area contributed by atoms with E-state index in [0.717, 1.165) is 37.4 Å². The normalized spacial score (nSPS) is 22.2. The number of hydrogen-bond donors (Lipinski definition) is 2. The van der Waals surface area contributed by atoms with Gasteiger partial charge in [0.15, 0.2) is 5.96 Å². The first-order valence-corrected chi connectivity index (χ1v) is 7.98. The lowest BCUT2D eigenvalue weighted by Crippen LogP contribution is -2.44. The zero-order valence-corrected chi connectivity index (χ0v) is 12.6. The predicted molar refractivity (Wildman–Crippen MR) is 81.5 cm³/mol. The molecule has 2 aliphatic rings. The number of nitrogens with one attached hydrogen (secondary N) is 2. The van der Waals surface area contributed by atoms with Gasteiger partial charge >= 0.3 is 0 Å². The summed E-state index contributed by atoms with van der Waals surface area (Å²) in [6.07, 6.45) is 5.17. The maximum absolute atomic E-state index is 4.46. The summed E-state index contributed by atoms with van der Waals surface area (Å²) in [5, 5.41) is 6.81. The highest BCUT2D eigenvalue weighted by Gasteiger charge is 2.19. The van der Waals surface area contributed by atoms with E-state index in [-0.39, 0.29) is 0 Å². The lowest BCUT2D eigenvalue weighted by atomic mass is 9.96. The second kappa shape index (κ2) is 7.73. The van der Waals surface area contributed by atoms with Crippen LogP contribution in [0.3, 0.4) is 0 Å². The number of rotatable bonds is 5. The molecule has 0 aromatic carbocycles. The minimum absolute atomic E-state index is 0.821. The van der Waals surface area contributed by atoms with E-state index < -0.39 is 0 Å². The van der Waals surface area contributed by atoms with Crippen LogP contribution < -0.4 is 10.6 Å². The lowest BCUT2D eigenvalue weighted by Gasteiger charge is -2.32. The summed E-state index contributed by atoms with van der Waals surface area (Å²) in [5.41, 5.74) is 0. The van der Waals surface area contributed by atoms with Gasteiger partial charge in [-0.1, -0.05) is 13.8 Å². The van der Waals surface area contributed by atoms with Crippen molar-refractivity contribution in [3.8, 4) is 0 Å². The van der Waals surface area contributed by atoms with Crippen LogP contribution in [0.1, 0.15) is 39.5 Å². The average Bonchev–Trinajstić information content (AvgIpc) is 2.45. The van der Waals surface area contributed by atoms with Crippen molar-refractivity contribution in [2.45, 2.75) is 39.5 Å². The van der Waals surface area contributed by atoms with Crippen molar-refractivity contribution in [1.82, 2.24) is 15.5 Å². The first kappa shape index (κ1) is 14.6. The molecule has 0 unspecified atom stereocenters. The van der Waals surface area contributed by atoms with Gasteiger partial charge in [-0.05, 0) is 57.2 Å². The number of aliphatic imine (C=N–C) groups is 1. The quantitative estimate of drug-likeness (QED) is 0.795. The summed E-state index contributed by atoms with van der Waals surface area (Å²) in [6.45, 7) is 11.6. The maximum Gasteiger partial charge on any atom is 0.191 e. The first-order chi connectivity index (χ1) is 9.24. The molecule has 2 heterocycles. The molecule has 0 saturated carbocycles. The number of hydrogen-bond acceptors (Lipinski definition) is 4. The third-order valence-electron chi connectivity index (χ3n) is 4.19. The Bertz CT molecular complexity index is 280. The van der Waals surface area contributed by atoms with E-state index in [9.17, 15) is 0 Å². The zero-order chi connectivity index (χ0) is 13.5. The van der Waals surface area contributed by atoms with Gasteiger partial charge in [-0.25, -0.2) is 0 Å². The van der Waals surface area contributed by atoms with E-state index in [1.54, 1.807) is 0 Å². The summed E-state index contributed by atoms with van der Waals surface area (Å²) < 4.78 is 0. The van der Waals surface area contributed by atoms with E-state index in [1.807, 2.05) is 0 Å². The van der Waals surface area contributed by atoms with Gasteiger partial charge in [0.25, 0.3) is 0 Å². The van der Waals surface area contributed by atoms with Crippen molar-refractivity contribution in [1.29, 1.82) is 0 Å². The molecule has 0 aromatic rings. The molecular weight excluding hydrogens is 236 g/mol. The minimum atomic E-state index is 0.821. The monoisotopic (exact) mass is 266 g/mol. The Kier molecular flexibility index (Phi) is 5.95. The number of guanidine groups is 1. The van der Waals surface area contributed by atoms with Crippen LogP contribution in [0.15, 0.2) is 4.99 Å². The van der Waals surface area contributed by atoms with Gasteiger partial charge in [0.05, 0.1) is 0 Å². The average molecular weight is 266 g/mol. The van der Waals surface area contributed by atoms with Crippen molar-refractivity contribution in [2.24, 2.45) is 16.8 Å². The molecule has 4 heteroatoms. The molecule has 0 bridgehead atoms. The zero-order valence-electron chi connectivity index (χ0n) is 12.6. The smallest absolute Gasteiger partial charge is 0.191 e. The third-order valence-corrected chi connectivity index (χ3v) is 4.19. The van der Waals surface area contributed by atoms with Crippen LogP contribution in [0.4, 0.5) is 0 Å². The third kappa shape index (κ3) is 5.39. The number of nitrogens with zero attached hydrogens (tertiary/aromatic N) is 2. The van der Waals surface area contributed by atoms with E-state index in [0.29, 0.717) is 0 Å². The molecule has 2 rings (SSSR count). The highest BCUT2D eigenvalue weighted by atomic mass is 15.2. The molecule has 4 nitrogen and oxygen atoms in total. The summed E-state index contributed by atoms with van der Waals surface area (Å²) in [6, 6.07) is 0. The molecular formula is C15H30N4. The van der Waals surface area contributed by atoms with E-state index in [4.69, 9.17) is 0 Å². The van der Waals surface area contributed by atoms with Gasteiger partial charge in [-0.15, -0.1) is 0 Å². The second-order valence-corrected chi connectivity index (χ2v) is 6.36. The molecule has 0 radical (unpaired) electrons. The van der Waals surface area contributed by atoms with Crippen LogP contribution in [0, 0.1) is 11.8 Å². The second-order valence-electron chi connectivity index (χ2n) is 6.36. The molecule has 0 atom stereocenters. The van der Waals surface area contributed by atoms with Crippen LogP contribution in [0.2, 0.25) is 0 Å². The van der Waals surface area contributed by atoms with Gasteiger partial charge < -0.3 is 15.5 Å². The Labute approximate surface area is 118 Å². The van der Waals surface area contributed by atoms with Gasteiger partial charge in [0.1, 0.15) is 0 Å². The van der Waals surface area contributed by atoms with E-state index in [1.165, 1.54) is 45.3 Å². The highest BCUT2D eigenvalue weighted by molar-refractivity contribution is 5.80. The fraction of sp³-hybridized carbons (Fsp3) is 0.933. The molecule has 0 amide bonds. The fourth-order valence-electron chi connectivity index (χ4n) is 2.75. The van der Waals surface area contributed by atoms with Crippen LogP contribution in [-0.4, -0.2) is 50.1 Å². The minimum Gasteiger partial charge on any atom is -0.356 e. The summed E-state index contributed by atoms with van der Waals surface area (Å²) in [5.74, 6) is 2.67. The summed E-state index contributed by atoms with van der Waals surface area (Å²) in [4.78, 5) is 7.09.